The number of aromatic nitrogens is 5. The molecule has 0 N–H and O–H groups in total. The summed E-state index contributed by atoms with van der Waals surface area (Å²) < 4.78 is 45.9. The Kier molecular flexibility index (Phi) is 6.79. The third-order valence-corrected chi connectivity index (χ3v) is 8.51. The van der Waals surface area contributed by atoms with Gasteiger partial charge in [0.15, 0.2) is 0 Å². The third kappa shape index (κ3) is 4.61. The van der Waals surface area contributed by atoms with E-state index < -0.39 is 23.7 Å². The van der Waals surface area contributed by atoms with E-state index in [1.807, 2.05) is 29.8 Å². The van der Waals surface area contributed by atoms with E-state index in [-0.39, 0.29) is 34.5 Å². The molecule has 0 fully saturated rings. The average Bonchev–Trinajstić information content (AvgIpc) is 3.50. The molecule has 4 heterocycles. The van der Waals surface area contributed by atoms with Crippen LogP contribution in [0.25, 0.3) is 22.4 Å². The van der Waals surface area contributed by atoms with E-state index in [9.17, 15) is 22.8 Å². The molecule has 8 nitrogen and oxygen atoms in total. The third-order valence-electron chi connectivity index (χ3n) is 7.82. The Hall–Kier alpha value is -3.93. The molecule has 1 aliphatic rings. The first-order valence-electron chi connectivity index (χ1n) is 13.6. The van der Waals surface area contributed by atoms with Crippen molar-refractivity contribution in [1.82, 2.24) is 28.6 Å². The van der Waals surface area contributed by atoms with Gasteiger partial charge in [-0.15, -0.1) is 0 Å². The van der Waals surface area contributed by atoms with Crippen molar-refractivity contribution >= 4 is 38.5 Å². The number of halogens is 4. The van der Waals surface area contributed by atoms with E-state index >= 15 is 0 Å². The Balaban J connectivity index is 1.50. The van der Waals surface area contributed by atoms with Gasteiger partial charge in [0.05, 0.1) is 47.0 Å². The summed E-state index contributed by atoms with van der Waals surface area (Å²) in [6, 6.07) is 8.73. The first-order chi connectivity index (χ1) is 19.8. The van der Waals surface area contributed by atoms with Gasteiger partial charge in [0.25, 0.3) is 11.5 Å². The molecule has 5 aromatic rings. The fourth-order valence-corrected chi connectivity index (χ4v) is 6.26. The molecule has 0 saturated heterocycles. The highest BCUT2D eigenvalue weighted by Crippen LogP contribution is 2.36. The molecule has 2 aromatic carbocycles. The number of fused-ring (bicyclic) bond motifs is 4. The molecule has 6 rings (SSSR count). The van der Waals surface area contributed by atoms with Gasteiger partial charge in [0, 0.05) is 34.3 Å². The number of carbonyl (C=O) groups excluding carboxylic acids is 1. The number of rotatable bonds is 4. The van der Waals surface area contributed by atoms with Crippen LogP contribution in [0.1, 0.15) is 53.5 Å². The molecule has 12 heteroatoms. The van der Waals surface area contributed by atoms with Gasteiger partial charge in [0.2, 0.25) is 0 Å². The Morgan fingerprint density at radius 2 is 1.93 bits per heavy atom. The molecule has 0 saturated carbocycles. The van der Waals surface area contributed by atoms with E-state index in [4.69, 9.17) is 0 Å². The molecule has 0 aliphatic carbocycles. The second kappa shape index (κ2) is 10.1. The van der Waals surface area contributed by atoms with Crippen LogP contribution >= 0.6 is 15.9 Å². The maximum atomic E-state index is 14.3. The number of hydrogen-bond acceptors (Lipinski definition) is 4. The number of benzene rings is 2. The van der Waals surface area contributed by atoms with E-state index in [2.05, 4.69) is 39.9 Å². The topological polar surface area (TPSA) is 77.4 Å². The molecular weight excluding hydrogens is 613 g/mol. The standard InChI is InChI=1S/C30H28BrF3N6O2/c1-16(2)9-19-13-36-40-26-14-38(28(41)18-5-7-23(31)22(11-18)30(32,33)34)17(3)10-21(26)29(42)39(27(19)40)20-6-8-25-24(12-20)35-15-37(25)4/h5-8,11-13,15-17H,9-10,14H2,1-4H3. The Bertz CT molecular complexity index is 1940. The van der Waals surface area contributed by atoms with Gasteiger partial charge in [-0.2, -0.15) is 18.3 Å². The van der Waals surface area contributed by atoms with E-state index in [0.717, 1.165) is 22.7 Å². The van der Waals surface area contributed by atoms with E-state index in [1.54, 1.807) is 28.5 Å². The molecule has 0 spiro atoms. The minimum atomic E-state index is -4.62. The maximum Gasteiger partial charge on any atom is 0.417 e. The molecule has 1 aliphatic heterocycles. The van der Waals surface area contributed by atoms with Crippen LogP contribution in [-0.2, 0) is 32.6 Å². The number of carbonyl (C=O) groups is 1. The van der Waals surface area contributed by atoms with Gasteiger partial charge in [-0.25, -0.2) is 9.50 Å². The van der Waals surface area contributed by atoms with Crippen molar-refractivity contribution in [3.63, 3.8) is 0 Å². The highest BCUT2D eigenvalue weighted by Gasteiger charge is 2.36. The molecule has 3 aromatic heterocycles. The van der Waals surface area contributed by atoms with Crippen molar-refractivity contribution in [3.05, 3.63) is 91.7 Å². The molecule has 1 atom stereocenters. The van der Waals surface area contributed by atoms with Gasteiger partial charge in [-0.1, -0.05) is 29.8 Å². The summed E-state index contributed by atoms with van der Waals surface area (Å²) in [7, 11) is 1.91. The summed E-state index contributed by atoms with van der Waals surface area (Å²) >= 11 is 2.94. The summed E-state index contributed by atoms with van der Waals surface area (Å²) in [5, 5.41) is 4.67. The first-order valence-corrected chi connectivity index (χ1v) is 14.4. The number of alkyl halides is 3. The smallest absolute Gasteiger partial charge is 0.334 e. The van der Waals surface area contributed by atoms with Gasteiger partial charge < -0.3 is 9.47 Å². The lowest BCUT2D eigenvalue weighted by molar-refractivity contribution is -0.138. The van der Waals surface area contributed by atoms with Crippen LogP contribution < -0.4 is 5.56 Å². The van der Waals surface area contributed by atoms with Crippen LogP contribution in [0.15, 0.2) is 58.2 Å². The Morgan fingerprint density at radius 3 is 2.64 bits per heavy atom. The molecule has 1 amide bonds. The second-order valence-corrected chi connectivity index (χ2v) is 12.1. The quantitative estimate of drug-likeness (QED) is 0.244. The van der Waals surface area contributed by atoms with Crippen LogP contribution in [0.2, 0.25) is 0 Å². The van der Waals surface area contributed by atoms with Gasteiger partial charge in [0.1, 0.15) is 5.65 Å². The Labute approximate surface area is 247 Å². The highest BCUT2D eigenvalue weighted by atomic mass is 79.9. The SMILES string of the molecule is CC(C)Cc1cnn2c3c(c(=O)n(-c4ccc5c(c4)ncn5C)c12)CC(C)N(C(=O)c1ccc(Br)c(C(F)(F)F)c1)C3. The van der Waals surface area contributed by atoms with Gasteiger partial charge in [-0.05, 0) is 62.1 Å². The lowest BCUT2D eigenvalue weighted by atomic mass is 9.97. The maximum absolute atomic E-state index is 14.3. The van der Waals surface area contributed by atoms with Gasteiger partial charge >= 0.3 is 6.18 Å². The van der Waals surface area contributed by atoms with Crippen molar-refractivity contribution < 1.29 is 18.0 Å². The number of amides is 1. The normalized spacial score (nSPS) is 15.6. The largest absolute Gasteiger partial charge is 0.417 e. The zero-order chi connectivity index (χ0) is 30.1. The fraction of sp³-hybridized carbons (Fsp3) is 0.333. The molecule has 1 unspecified atom stereocenters. The van der Waals surface area contributed by atoms with Crippen molar-refractivity contribution in [2.24, 2.45) is 13.0 Å². The minimum absolute atomic E-state index is 0.0292. The van der Waals surface area contributed by atoms with Crippen LogP contribution in [0.3, 0.4) is 0 Å². The zero-order valence-electron chi connectivity index (χ0n) is 23.4. The van der Waals surface area contributed by atoms with Crippen LogP contribution in [0.5, 0.6) is 0 Å². The van der Waals surface area contributed by atoms with Crippen molar-refractivity contribution in [1.29, 1.82) is 0 Å². The molecule has 0 radical (unpaired) electrons. The zero-order valence-corrected chi connectivity index (χ0v) is 25.0. The lowest BCUT2D eigenvalue weighted by Crippen LogP contribution is -2.46. The summed E-state index contributed by atoms with van der Waals surface area (Å²) in [4.78, 5) is 33.8. The van der Waals surface area contributed by atoms with Gasteiger partial charge in [-0.3, -0.25) is 14.2 Å². The van der Waals surface area contributed by atoms with E-state index in [1.165, 1.54) is 17.0 Å². The number of hydrogen-bond donors (Lipinski definition) is 0. The number of nitrogens with zero attached hydrogens (tertiary/aromatic N) is 6. The van der Waals surface area contributed by atoms with Crippen LogP contribution in [0.4, 0.5) is 13.2 Å². The van der Waals surface area contributed by atoms with Crippen molar-refractivity contribution in [3.8, 4) is 5.69 Å². The summed E-state index contributed by atoms with van der Waals surface area (Å²) in [5.41, 5.74) is 3.70. The van der Waals surface area contributed by atoms with Crippen molar-refractivity contribution in [2.45, 2.75) is 52.4 Å². The fourth-order valence-electron chi connectivity index (χ4n) is 5.78. The van der Waals surface area contributed by atoms with E-state index in [0.29, 0.717) is 29.0 Å². The highest BCUT2D eigenvalue weighted by molar-refractivity contribution is 9.10. The predicted molar refractivity (Wildman–Crippen MR) is 156 cm³/mol. The summed E-state index contributed by atoms with van der Waals surface area (Å²) in [5.74, 6) is -0.257. The first kappa shape index (κ1) is 28.2. The predicted octanol–water partition coefficient (Wildman–Crippen LogP) is 5.94. The number of imidazole rings is 1. The van der Waals surface area contributed by atoms with Crippen molar-refractivity contribution in [2.75, 3.05) is 0 Å². The Morgan fingerprint density at radius 1 is 1.17 bits per heavy atom. The molecule has 42 heavy (non-hydrogen) atoms. The van der Waals surface area contributed by atoms with Crippen LogP contribution in [-0.4, -0.2) is 40.6 Å². The van der Waals surface area contributed by atoms with Crippen LogP contribution in [0, 0.1) is 5.92 Å². The number of aryl methyl sites for hydroxylation is 1. The monoisotopic (exact) mass is 640 g/mol. The minimum Gasteiger partial charge on any atom is -0.334 e. The summed E-state index contributed by atoms with van der Waals surface area (Å²) in [6.45, 7) is 5.99. The molecular formula is C30H28BrF3N6O2. The molecule has 218 valence electrons. The second-order valence-electron chi connectivity index (χ2n) is 11.3. The summed E-state index contributed by atoms with van der Waals surface area (Å²) in [6.07, 6.45) is -0.249. The lowest BCUT2D eigenvalue weighted by Gasteiger charge is -2.35. The average molecular weight is 641 g/mol. The molecule has 0 bridgehead atoms.